The van der Waals surface area contributed by atoms with Gasteiger partial charge < -0.3 is 15.0 Å². The summed E-state index contributed by atoms with van der Waals surface area (Å²) in [5, 5.41) is 9.11. The molecular formula is C14H17N3O2. The second-order valence-corrected chi connectivity index (χ2v) is 5.43. The zero-order valence-electron chi connectivity index (χ0n) is 11.0. The number of fused-ring (bicyclic) bond motifs is 1. The van der Waals surface area contributed by atoms with Crippen LogP contribution in [0.2, 0.25) is 0 Å². The Labute approximate surface area is 111 Å². The van der Waals surface area contributed by atoms with Crippen molar-refractivity contribution in [2.75, 3.05) is 14.1 Å². The lowest BCUT2D eigenvalue weighted by Gasteiger charge is -2.25. The highest BCUT2D eigenvalue weighted by Gasteiger charge is 2.49. The van der Waals surface area contributed by atoms with Crippen LogP contribution >= 0.6 is 0 Å². The van der Waals surface area contributed by atoms with Gasteiger partial charge in [0.25, 0.3) is 0 Å². The van der Waals surface area contributed by atoms with Gasteiger partial charge in [0, 0.05) is 6.04 Å². The standard InChI is InChI=1S/C14H17N3O2/c1-17(2)13(9-6-10(9)14(18)19)8-3-4-11-12(5-8)16-7-15-11/h3-5,7,9-10,13H,6H2,1-2H3,(H,15,16)(H,18,19). The fraction of sp³-hybridized carbons (Fsp3) is 0.429. The molecule has 3 rings (SSSR count). The van der Waals surface area contributed by atoms with E-state index < -0.39 is 5.97 Å². The molecule has 1 aliphatic rings. The molecule has 2 aromatic rings. The first kappa shape index (κ1) is 12.2. The molecule has 3 unspecified atom stereocenters. The van der Waals surface area contributed by atoms with Crippen molar-refractivity contribution < 1.29 is 9.90 Å². The van der Waals surface area contributed by atoms with E-state index in [4.69, 9.17) is 5.11 Å². The summed E-state index contributed by atoms with van der Waals surface area (Å²) in [6, 6.07) is 6.25. The van der Waals surface area contributed by atoms with Gasteiger partial charge in [-0.05, 0) is 44.1 Å². The minimum absolute atomic E-state index is 0.147. The van der Waals surface area contributed by atoms with Crippen LogP contribution in [-0.2, 0) is 4.79 Å². The number of carboxylic acid groups (broad SMARTS) is 1. The second kappa shape index (κ2) is 4.35. The van der Waals surface area contributed by atoms with Crippen LogP contribution in [0.5, 0.6) is 0 Å². The average molecular weight is 259 g/mol. The number of rotatable bonds is 4. The molecular weight excluding hydrogens is 242 g/mol. The van der Waals surface area contributed by atoms with E-state index in [1.54, 1.807) is 6.33 Å². The molecule has 1 aromatic carbocycles. The number of hydrogen-bond acceptors (Lipinski definition) is 3. The zero-order valence-corrected chi connectivity index (χ0v) is 11.0. The maximum absolute atomic E-state index is 11.1. The molecule has 5 nitrogen and oxygen atoms in total. The molecule has 3 atom stereocenters. The van der Waals surface area contributed by atoms with Crippen LogP contribution in [-0.4, -0.2) is 40.0 Å². The third-order valence-electron chi connectivity index (χ3n) is 3.90. The topological polar surface area (TPSA) is 69.2 Å². The summed E-state index contributed by atoms with van der Waals surface area (Å²) in [5.41, 5.74) is 3.08. The molecule has 1 fully saturated rings. The average Bonchev–Trinajstić information content (AvgIpc) is 2.99. The van der Waals surface area contributed by atoms with Gasteiger partial charge in [0.05, 0.1) is 23.3 Å². The fourth-order valence-corrected chi connectivity index (χ4v) is 2.91. The van der Waals surface area contributed by atoms with Gasteiger partial charge in [0.1, 0.15) is 0 Å². The number of benzene rings is 1. The van der Waals surface area contributed by atoms with Crippen molar-refractivity contribution in [3.8, 4) is 0 Å². The quantitative estimate of drug-likeness (QED) is 0.879. The Morgan fingerprint density at radius 1 is 1.53 bits per heavy atom. The van der Waals surface area contributed by atoms with Crippen molar-refractivity contribution in [1.29, 1.82) is 0 Å². The van der Waals surface area contributed by atoms with Crippen LogP contribution in [0.15, 0.2) is 24.5 Å². The number of aromatic nitrogens is 2. The van der Waals surface area contributed by atoms with Crippen molar-refractivity contribution in [2.24, 2.45) is 11.8 Å². The molecule has 100 valence electrons. The van der Waals surface area contributed by atoms with Crippen molar-refractivity contribution in [1.82, 2.24) is 14.9 Å². The fourth-order valence-electron chi connectivity index (χ4n) is 2.91. The third kappa shape index (κ3) is 2.10. The van der Waals surface area contributed by atoms with Crippen molar-refractivity contribution in [2.45, 2.75) is 12.5 Å². The van der Waals surface area contributed by atoms with E-state index in [-0.39, 0.29) is 17.9 Å². The molecule has 2 N–H and O–H groups in total. The highest BCUT2D eigenvalue weighted by Crippen LogP contribution is 2.49. The molecule has 0 spiro atoms. The molecule has 1 heterocycles. The van der Waals surface area contributed by atoms with Crippen LogP contribution in [0.4, 0.5) is 0 Å². The molecule has 1 aromatic heterocycles. The van der Waals surface area contributed by atoms with Crippen molar-refractivity contribution in [3.05, 3.63) is 30.1 Å². The van der Waals surface area contributed by atoms with E-state index in [1.165, 1.54) is 0 Å². The highest BCUT2D eigenvalue weighted by molar-refractivity contribution is 5.76. The predicted octanol–water partition coefficient (Wildman–Crippen LogP) is 1.89. The molecule has 0 radical (unpaired) electrons. The summed E-state index contributed by atoms with van der Waals surface area (Å²) >= 11 is 0. The van der Waals surface area contributed by atoms with Gasteiger partial charge in [0.2, 0.25) is 0 Å². The number of H-pyrrole nitrogens is 1. The van der Waals surface area contributed by atoms with Gasteiger partial charge >= 0.3 is 5.97 Å². The summed E-state index contributed by atoms with van der Waals surface area (Å²) < 4.78 is 0. The summed E-state index contributed by atoms with van der Waals surface area (Å²) in [6.45, 7) is 0. The predicted molar refractivity (Wildman–Crippen MR) is 71.8 cm³/mol. The maximum atomic E-state index is 11.1. The lowest BCUT2D eigenvalue weighted by Crippen LogP contribution is -2.23. The molecule has 0 bridgehead atoms. The minimum atomic E-state index is -0.681. The molecule has 1 saturated carbocycles. The number of imidazole rings is 1. The molecule has 0 saturated heterocycles. The molecule has 0 amide bonds. The lowest BCUT2D eigenvalue weighted by atomic mass is 9.99. The SMILES string of the molecule is CN(C)C(c1ccc2nc[nH]c2c1)C1CC1C(=O)O. The van der Waals surface area contributed by atoms with Gasteiger partial charge in [-0.25, -0.2) is 4.98 Å². The Balaban J connectivity index is 1.93. The maximum Gasteiger partial charge on any atom is 0.306 e. The number of aliphatic carboxylic acids is 1. The number of aromatic amines is 1. The number of hydrogen-bond donors (Lipinski definition) is 2. The largest absolute Gasteiger partial charge is 0.481 e. The number of carboxylic acids is 1. The van der Waals surface area contributed by atoms with E-state index in [9.17, 15) is 4.79 Å². The Kier molecular flexibility index (Phi) is 2.78. The first-order valence-electron chi connectivity index (χ1n) is 6.40. The van der Waals surface area contributed by atoms with Crippen molar-refractivity contribution in [3.63, 3.8) is 0 Å². The Morgan fingerprint density at radius 3 is 2.95 bits per heavy atom. The van der Waals surface area contributed by atoms with Crippen LogP contribution < -0.4 is 0 Å². The van der Waals surface area contributed by atoms with E-state index >= 15 is 0 Å². The van der Waals surface area contributed by atoms with Crippen molar-refractivity contribution >= 4 is 17.0 Å². The second-order valence-electron chi connectivity index (χ2n) is 5.43. The number of carbonyl (C=O) groups is 1. The molecule has 19 heavy (non-hydrogen) atoms. The third-order valence-corrected chi connectivity index (χ3v) is 3.90. The van der Waals surface area contributed by atoms with Crippen LogP contribution in [0.25, 0.3) is 11.0 Å². The van der Waals surface area contributed by atoms with E-state index in [2.05, 4.69) is 20.9 Å². The zero-order chi connectivity index (χ0) is 13.6. The number of nitrogens with one attached hydrogen (secondary N) is 1. The summed E-state index contributed by atoms with van der Waals surface area (Å²) in [6.07, 6.45) is 2.44. The van der Waals surface area contributed by atoms with Gasteiger partial charge in [-0.2, -0.15) is 0 Å². The van der Waals surface area contributed by atoms with Crippen LogP contribution in [0, 0.1) is 11.8 Å². The summed E-state index contributed by atoms with van der Waals surface area (Å²) in [4.78, 5) is 20.5. The Bertz CT molecular complexity index is 620. The summed E-state index contributed by atoms with van der Waals surface area (Å²) in [5.74, 6) is -0.683. The normalized spacial score (nSPS) is 23.7. The Hall–Kier alpha value is -1.88. The first-order chi connectivity index (χ1) is 9.08. The monoisotopic (exact) mass is 259 g/mol. The molecule has 5 heteroatoms. The summed E-state index contributed by atoms with van der Waals surface area (Å²) in [7, 11) is 4.00. The van der Waals surface area contributed by atoms with E-state index in [0.29, 0.717) is 0 Å². The van der Waals surface area contributed by atoms with Gasteiger partial charge in [-0.15, -0.1) is 0 Å². The lowest BCUT2D eigenvalue weighted by molar-refractivity contribution is -0.139. The Morgan fingerprint density at radius 2 is 2.32 bits per heavy atom. The van der Waals surface area contributed by atoms with Gasteiger partial charge in [-0.3, -0.25) is 4.79 Å². The first-order valence-corrected chi connectivity index (χ1v) is 6.40. The minimum Gasteiger partial charge on any atom is -0.481 e. The van der Waals surface area contributed by atoms with Gasteiger partial charge in [-0.1, -0.05) is 6.07 Å². The highest BCUT2D eigenvalue weighted by atomic mass is 16.4. The van der Waals surface area contributed by atoms with Crippen LogP contribution in [0.3, 0.4) is 0 Å². The number of nitrogens with zero attached hydrogens (tertiary/aromatic N) is 2. The van der Waals surface area contributed by atoms with Crippen LogP contribution in [0.1, 0.15) is 18.0 Å². The smallest absolute Gasteiger partial charge is 0.306 e. The molecule has 0 aliphatic heterocycles. The van der Waals surface area contributed by atoms with E-state index in [0.717, 1.165) is 23.0 Å². The molecule has 1 aliphatic carbocycles. The van der Waals surface area contributed by atoms with Gasteiger partial charge in [0.15, 0.2) is 0 Å². The van der Waals surface area contributed by atoms with E-state index in [1.807, 2.05) is 26.2 Å².